The van der Waals surface area contributed by atoms with Crippen LogP contribution in [0.25, 0.3) is 0 Å². The summed E-state index contributed by atoms with van der Waals surface area (Å²) in [4.78, 5) is 25.9. The Labute approximate surface area is 162 Å². The molecule has 2 aliphatic rings. The fourth-order valence-electron chi connectivity index (χ4n) is 4.21. The van der Waals surface area contributed by atoms with Gasteiger partial charge in [-0.2, -0.15) is 0 Å². The van der Waals surface area contributed by atoms with Crippen molar-refractivity contribution in [2.45, 2.75) is 25.0 Å². The predicted molar refractivity (Wildman–Crippen MR) is 99.0 cm³/mol. The number of hydrogen-bond acceptors (Lipinski definition) is 6. The van der Waals surface area contributed by atoms with Gasteiger partial charge in [0, 0.05) is 13.1 Å². The number of hydrogen-bond donors (Lipinski definition) is 1. The molecule has 0 spiro atoms. The van der Waals surface area contributed by atoms with Crippen LogP contribution in [0.1, 0.15) is 33.6 Å². The highest BCUT2D eigenvalue weighted by Crippen LogP contribution is 2.38. The molecule has 1 saturated heterocycles. The zero-order chi connectivity index (χ0) is 19.7. The van der Waals surface area contributed by atoms with Gasteiger partial charge in [-0.25, -0.2) is 4.79 Å². The molecule has 2 heterocycles. The molecule has 1 N–H and O–H groups in total. The van der Waals surface area contributed by atoms with Crippen molar-refractivity contribution in [3.05, 3.63) is 54.0 Å². The Morgan fingerprint density at radius 1 is 1.07 bits per heavy atom. The van der Waals surface area contributed by atoms with Gasteiger partial charge in [-0.15, -0.1) is 0 Å². The van der Waals surface area contributed by atoms with Crippen LogP contribution in [0.15, 0.2) is 47.3 Å². The number of aliphatic hydroxyl groups excluding tert-OH is 1. The van der Waals surface area contributed by atoms with E-state index in [0.29, 0.717) is 48.7 Å². The maximum atomic E-state index is 12.6. The lowest BCUT2D eigenvalue weighted by Gasteiger charge is -2.35. The molecule has 1 saturated carbocycles. The molecule has 4 atom stereocenters. The van der Waals surface area contributed by atoms with E-state index < -0.39 is 12.1 Å². The number of esters is 1. The number of rotatable bonds is 4. The van der Waals surface area contributed by atoms with Gasteiger partial charge in [0.1, 0.15) is 18.1 Å². The second-order valence-electron chi connectivity index (χ2n) is 7.45. The summed E-state index contributed by atoms with van der Waals surface area (Å²) in [5.74, 6) is 0.722. The normalized spacial score (nSPS) is 26.6. The van der Waals surface area contributed by atoms with E-state index in [9.17, 15) is 14.7 Å². The van der Waals surface area contributed by atoms with Crippen LogP contribution in [0, 0.1) is 11.8 Å². The lowest BCUT2D eigenvalue weighted by molar-refractivity contribution is -0.0231. The van der Waals surface area contributed by atoms with Gasteiger partial charge < -0.3 is 23.9 Å². The Bertz CT molecular complexity index is 831. The number of benzene rings is 1. The van der Waals surface area contributed by atoms with E-state index in [1.807, 2.05) is 4.90 Å². The van der Waals surface area contributed by atoms with Crippen LogP contribution in [0.4, 0.5) is 0 Å². The molecule has 2 aromatic rings. The average molecular weight is 385 g/mol. The van der Waals surface area contributed by atoms with Gasteiger partial charge >= 0.3 is 5.97 Å². The van der Waals surface area contributed by atoms with Crippen molar-refractivity contribution in [1.82, 2.24) is 4.90 Å². The fraction of sp³-hybridized carbons (Fsp3) is 0.429. The number of furan rings is 1. The monoisotopic (exact) mass is 385 g/mol. The molecule has 4 rings (SSSR count). The van der Waals surface area contributed by atoms with Crippen LogP contribution in [-0.2, 0) is 4.74 Å². The first-order valence-corrected chi connectivity index (χ1v) is 9.39. The molecule has 7 nitrogen and oxygen atoms in total. The molecule has 1 aromatic heterocycles. The maximum Gasteiger partial charge on any atom is 0.337 e. The lowest BCUT2D eigenvalue weighted by Crippen LogP contribution is -2.42. The van der Waals surface area contributed by atoms with E-state index >= 15 is 0 Å². The van der Waals surface area contributed by atoms with Crippen molar-refractivity contribution in [3.63, 3.8) is 0 Å². The zero-order valence-electron chi connectivity index (χ0n) is 15.6. The average Bonchev–Trinajstić information content (AvgIpc) is 3.37. The summed E-state index contributed by atoms with van der Waals surface area (Å²) >= 11 is 0. The molecule has 28 heavy (non-hydrogen) atoms. The first-order valence-electron chi connectivity index (χ1n) is 9.39. The summed E-state index contributed by atoms with van der Waals surface area (Å²) < 4.78 is 15.7. The van der Waals surface area contributed by atoms with Crippen molar-refractivity contribution < 1.29 is 28.6 Å². The summed E-state index contributed by atoms with van der Waals surface area (Å²) in [6.45, 7) is 1.30. The third kappa shape index (κ3) is 3.62. The summed E-state index contributed by atoms with van der Waals surface area (Å²) in [5, 5.41) is 10.5. The molecular formula is C21H23NO6. The van der Waals surface area contributed by atoms with Gasteiger partial charge in [0.2, 0.25) is 0 Å². The molecule has 0 radical (unpaired) electrons. The van der Waals surface area contributed by atoms with Crippen molar-refractivity contribution in [1.29, 1.82) is 0 Å². The molecule has 0 bridgehead atoms. The minimum Gasteiger partial charge on any atom is -0.488 e. The van der Waals surface area contributed by atoms with Crippen LogP contribution in [-0.4, -0.2) is 54.3 Å². The Kier molecular flexibility index (Phi) is 5.09. The molecule has 1 aromatic carbocycles. The smallest absolute Gasteiger partial charge is 0.337 e. The molecule has 148 valence electrons. The third-order valence-corrected chi connectivity index (χ3v) is 5.70. The second kappa shape index (κ2) is 7.67. The van der Waals surface area contributed by atoms with Crippen LogP contribution in [0.3, 0.4) is 0 Å². The van der Waals surface area contributed by atoms with Gasteiger partial charge in [0.05, 0.1) is 30.6 Å². The molecule has 1 amide bonds. The first-order chi connectivity index (χ1) is 13.5. The summed E-state index contributed by atoms with van der Waals surface area (Å²) in [6, 6.07) is 8.35. The molecule has 2 fully saturated rings. The number of methoxy groups -OCH3 is 1. The molecule has 0 unspecified atom stereocenters. The van der Waals surface area contributed by atoms with Crippen molar-refractivity contribution in [3.8, 4) is 5.75 Å². The van der Waals surface area contributed by atoms with Crippen LogP contribution < -0.4 is 4.74 Å². The number of fused-ring (bicyclic) bond motifs is 1. The molecule has 1 aliphatic heterocycles. The Hall–Kier alpha value is -2.80. The van der Waals surface area contributed by atoms with Gasteiger partial charge in [-0.05, 0) is 55.0 Å². The lowest BCUT2D eigenvalue weighted by atomic mass is 9.78. The molecule has 1 aliphatic carbocycles. The van der Waals surface area contributed by atoms with Crippen LogP contribution in [0.5, 0.6) is 5.75 Å². The van der Waals surface area contributed by atoms with Crippen LogP contribution >= 0.6 is 0 Å². The highest BCUT2D eigenvalue weighted by Gasteiger charge is 2.44. The Morgan fingerprint density at radius 3 is 2.43 bits per heavy atom. The van der Waals surface area contributed by atoms with Crippen molar-refractivity contribution in [2.24, 2.45) is 11.8 Å². The van der Waals surface area contributed by atoms with E-state index in [-0.39, 0.29) is 17.9 Å². The number of aliphatic hydroxyl groups is 1. The largest absolute Gasteiger partial charge is 0.488 e. The first kappa shape index (κ1) is 18.6. The number of amides is 1. The minimum absolute atomic E-state index is 0.0338. The quantitative estimate of drug-likeness (QED) is 0.813. The summed E-state index contributed by atoms with van der Waals surface area (Å²) in [7, 11) is 1.34. The number of carbonyl (C=O) groups excluding carboxylic acids is 2. The van der Waals surface area contributed by atoms with E-state index in [2.05, 4.69) is 4.74 Å². The summed E-state index contributed by atoms with van der Waals surface area (Å²) in [5.41, 5.74) is 1.00. The van der Waals surface area contributed by atoms with E-state index in [1.54, 1.807) is 30.3 Å². The zero-order valence-corrected chi connectivity index (χ0v) is 15.6. The predicted octanol–water partition coefficient (Wildman–Crippen LogP) is 2.36. The van der Waals surface area contributed by atoms with Crippen LogP contribution in [0.2, 0.25) is 0 Å². The van der Waals surface area contributed by atoms with E-state index in [0.717, 1.165) is 0 Å². The Morgan fingerprint density at radius 2 is 1.79 bits per heavy atom. The van der Waals surface area contributed by atoms with Crippen molar-refractivity contribution in [2.75, 3.05) is 20.2 Å². The number of likely N-dealkylation sites (tertiary alicyclic amines) is 1. The highest BCUT2D eigenvalue weighted by molar-refractivity contribution is 5.94. The van der Waals surface area contributed by atoms with Gasteiger partial charge in [-0.3, -0.25) is 4.79 Å². The SMILES string of the molecule is COC(=O)c1ccc(O[C@H]2C[C@@H]3CN(C(=O)c4ccoc4)C[C@@H]3C[C@@H]2O)cc1. The third-order valence-electron chi connectivity index (χ3n) is 5.70. The topological polar surface area (TPSA) is 89.2 Å². The number of ether oxygens (including phenoxy) is 2. The number of carbonyl (C=O) groups is 2. The standard InChI is InChI=1S/C21H23NO6/c1-26-21(25)13-2-4-17(5-3-13)28-19-9-16-11-22(10-15(16)8-18(19)23)20(24)14-6-7-27-12-14/h2-7,12,15-16,18-19,23H,8-11H2,1H3/t15-,16+,18-,19-/m0/s1. The number of nitrogens with zero attached hydrogens (tertiary/aromatic N) is 1. The van der Waals surface area contributed by atoms with E-state index in [4.69, 9.17) is 9.15 Å². The van der Waals surface area contributed by atoms with Gasteiger partial charge in [0.15, 0.2) is 0 Å². The van der Waals surface area contributed by atoms with Crippen molar-refractivity contribution >= 4 is 11.9 Å². The highest BCUT2D eigenvalue weighted by atomic mass is 16.5. The Balaban J connectivity index is 1.39. The molecular weight excluding hydrogens is 362 g/mol. The summed E-state index contributed by atoms with van der Waals surface area (Å²) in [6.07, 6.45) is 3.31. The minimum atomic E-state index is -0.592. The molecule has 7 heteroatoms. The van der Waals surface area contributed by atoms with Gasteiger partial charge in [0.25, 0.3) is 5.91 Å². The fourth-order valence-corrected chi connectivity index (χ4v) is 4.21. The van der Waals surface area contributed by atoms with Gasteiger partial charge in [-0.1, -0.05) is 0 Å². The second-order valence-corrected chi connectivity index (χ2v) is 7.45. The van der Waals surface area contributed by atoms with E-state index in [1.165, 1.54) is 19.6 Å². The maximum absolute atomic E-state index is 12.6.